The van der Waals surface area contributed by atoms with Crippen molar-refractivity contribution < 1.29 is 17.6 Å². The van der Waals surface area contributed by atoms with Crippen molar-refractivity contribution in [3.05, 3.63) is 59.8 Å². The smallest absolute Gasteiger partial charge is 0.195 e. The molecule has 0 amide bonds. The Morgan fingerprint density at radius 3 is 2.35 bits per heavy atom. The van der Waals surface area contributed by atoms with Crippen LogP contribution in [-0.2, 0) is 7.05 Å². The maximum absolute atomic E-state index is 13.9. The number of nitrogens with zero attached hydrogens (tertiary/aromatic N) is 1. The summed E-state index contributed by atoms with van der Waals surface area (Å²) in [6.45, 7) is 0. The first kappa shape index (κ1) is 12.7. The van der Waals surface area contributed by atoms with Crippen molar-refractivity contribution in [2.24, 2.45) is 7.05 Å². The first-order valence-corrected chi connectivity index (χ1v) is 5.88. The van der Waals surface area contributed by atoms with Gasteiger partial charge in [0, 0.05) is 35.8 Å². The predicted molar refractivity (Wildman–Crippen MR) is 68.2 cm³/mol. The van der Waals surface area contributed by atoms with Gasteiger partial charge in [-0.15, -0.1) is 0 Å². The number of aromatic nitrogens is 1. The minimum Gasteiger partial charge on any atom is -0.350 e. The maximum atomic E-state index is 13.9. The van der Waals surface area contributed by atoms with Crippen LogP contribution in [0.15, 0.2) is 36.5 Å². The third kappa shape index (κ3) is 1.70. The number of aryl methyl sites for hydroxylation is 1. The fourth-order valence-electron chi connectivity index (χ4n) is 2.35. The quantitative estimate of drug-likeness (QED) is 0.353. The molecular weight excluding hydrogens is 270 g/mol. The second-order valence-electron chi connectivity index (χ2n) is 4.51. The van der Waals surface area contributed by atoms with Gasteiger partial charge in [0.15, 0.2) is 17.5 Å². The molecule has 102 valence electrons. The van der Waals surface area contributed by atoms with Crippen molar-refractivity contribution in [3.63, 3.8) is 0 Å². The number of para-hydroxylation sites is 1. The Labute approximate surface area is 112 Å². The van der Waals surface area contributed by atoms with Crippen molar-refractivity contribution in [3.8, 4) is 11.1 Å². The molecule has 0 aliphatic carbocycles. The molecule has 0 N–H and O–H groups in total. The first-order chi connectivity index (χ1) is 9.50. The molecule has 0 fully saturated rings. The van der Waals surface area contributed by atoms with Crippen molar-refractivity contribution in [2.45, 2.75) is 0 Å². The molecule has 0 bridgehead atoms. The van der Waals surface area contributed by atoms with E-state index >= 15 is 0 Å². The molecule has 20 heavy (non-hydrogen) atoms. The van der Waals surface area contributed by atoms with Gasteiger partial charge in [-0.25, -0.2) is 17.6 Å². The Balaban J connectivity index is 2.40. The van der Waals surface area contributed by atoms with E-state index in [9.17, 15) is 17.6 Å². The minimum atomic E-state index is -1.67. The summed E-state index contributed by atoms with van der Waals surface area (Å²) in [6.07, 6.45) is 1.49. The first-order valence-electron chi connectivity index (χ1n) is 5.88. The van der Waals surface area contributed by atoms with Crippen LogP contribution in [0, 0.1) is 23.3 Å². The minimum absolute atomic E-state index is 0.192. The summed E-state index contributed by atoms with van der Waals surface area (Å²) < 4.78 is 55.7. The Morgan fingerprint density at radius 2 is 1.60 bits per heavy atom. The zero-order chi connectivity index (χ0) is 14.4. The van der Waals surface area contributed by atoms with E-state index < -0.39 is 28.8 Å². The molecule has 0 saturated heterocycles. The third-order valence-corrected chi connectivity index (χ3v) is 3.28. The van der Waals surface area contributed by atoms with Crippen molar-refractivity contribution in [1.29, 1.82) is 0 Å². The number of fused-ring (bicyclic) bond motifs is 1. The molecule has 0 radical (unpaired) electrons. The van der Waals surface area contributed by atoms with Gasteiger partial charge < -0.3 is 4.57 Å². The lowest BCUT2D eigenvalue weighted by Crippen LogP contribution is -1.98. The molecule has 0 aliphatic heterocycles. The maximum Gasteiger partial charge on any atom is 0.195 e. The SMILES string of the molecule is Cn1cc(-c2c(F)cc(F)c(F)c2F)c2ccccc21. The summed E-state index contributed by atoms with van der Waals surface area (Å²) in [6, 6.07) is 7.29. The number of benzene rings is 2. The lowest BCUT2D eigenvalue weighted by molar-refractivity contribution is 0.437. The summed E-state index contributed by atoms with van der Waals surface area (Å²) >= 11 is 0. The fourth-order valence-corrected chi connectivity index (χ4v) is 2.35. The van der Waals surface area contributed by atoms with Gasteiger partial charge in [-0.2, -0.15) is 0 Å². The molecule has 2 aromatic carbocycles. The summed E-state index contributed by atoms with van der Waals surface area (Å²) in [5.74, 6) is -5.85. The number of hydrogen-bond acceptors (Lipinski definition) is 0. The van der Waals surface area contributed by atoms with Crippen LogP contribution in [0.4, 0.5) is 17.6 Å². The Hall–Kier alpha value is -2.30. The molecule has 3 rings (SSSR count). The van der Waals surface area contributed by atoms with Crippen LogP contribution >= 0.6 is 0 Å². The van der Waals surface area contributed by atoms with Crippen molar-refractivity contribution >= 4 is 10.9 Å². The van der Waals surface area contributed by atoms with Crippen LogP contribution in [0.3, 0.4) is 0 Å². The number of rotatable bonds is 1. The fraction of sp³-hybridized carbons (Fsp3) is 0.0667. The highest BCUT2D eigenvalue weighted by atomic mass is 19.2. The third-order valence-electron chi connectivity index (χ3n) is 3.28. The molecule has 5 heteroatoms. The van der Waals surface area contributed by atoms with Gasteiger partial charge in [-0.3, -0.25) is 0 Å². The summed E-state index contributed by atoms with van der Waals surface area (Å²) in [4.78, 5) is 0. The van der Waals surface area contributed by atoms with E-state index in [0.717, 1.165) is 5.52 Å². The molecule has 3 aromatic rings. The van der Waals surface area contributed by atoms with E-state index in [2.05, 4.69) is 0 Å². The molecule has 0 aliphatic rings. The molecule has 1 nitrogen and oxygen atoms in total. The highest BCUT2D eigenvalue weighted by molar-refractivity contribution is 5.96. The molecular formula is C15H9F4N. The summed E-state index contributed by atoms with van der Waals surface area (Å²) in [7, 11) is 1.71. The van der Waals surface area contributed by atoms with E-state index in [-0.39, 0.29) is 5.56 Å². The van der Waals surface area contributed by atoms with Crippen LogP contribution < -0.4 is 0 Å². The number of halogens is 4. The second kappa shape index (κ2) is 4.37. The normalized spacial score (nSPS) is 11.2. The van der Waals surface area contributed by atoms with Gasteiger partial charge >= 0.3 is 0 Å². The van der Waals surface area contributed by atoms with E-state index in [4.69, 9.17) is 0 Å². The van der Waals surface area contributed by atoms with Gasteiger partial charge in [0.2, 0.25) is 0 Å². The zero-order valence-corrected chi connectivity index (χ0v) is 10.4. The molecule has 1 heterocycles. The summed E-state index contributed by atoms with van der Waals surface area (Å²) in [5.41, 5.74) is 0.378. The van der Waals surface area contributed by atoms with E-state index in [1.54, 1.807) is 35.9 Å². The second-order valence-corrected chi connectivity index (χ2v) is 4.51. The highest BCUT2D eigenvalue weighted by Gasteiger charge is 2.22. The van der Waals surface area contributed by atoms with Crippen LogP contribution in [0.25, 0.3) is 22.0 Å². The van der Waals surface area contributed by atoms with Crippen LogP contribution in [0.2, 0.25) is 0 Å². The highest BCUT2D eigenvalue weighted by Crippen LogP contribution is 2.35. The van der Waals surface area contributed by atoms with Crippen molar-refractivity contribution in [2.75, 3.05) is 0 Å². The van der Waals surface area contributed by atoms with Crippen LogP contribution in [0.5, 0.6) is 0 Å². The average Bonchev–Trinajstić information content (AvgIpc) is 2.75. The van der Waals surface area contributed by atoms with Gasteiger partial charge in [0.05, 0.1) is 5.56 Å². The monoisotopic (exact) mass is 279 g/mol. The Bertz CT molecular complexity index is 820. The van der Waals surface area contributed by atoms with Crippen LogP contribution in [0.1, 0.15) is 0 Å². The summed E-state index contributed by atoms with van der Waals surface area (Å²) in [5, 5.41) is 0.568. The van der Waals surface area contributed by atoms with E-state index in [0.29, 0.717) is 11.5 Å². The van der Waals surface area contributed by atoms with Gasteiger partial charge in [0.25, 0.3) is 0 Å². The van der Waals surface area contributed by atoms with E-state index in [1.807, 2.05) is 0 Å². The molecule has 0 saturated carbocycles. The van der Waals surface area contributed by atoms with Gasteiger partial charge in [-0.1, -0.05) is 18.2 Å². The standard InChI is InChI=1S/C15H9F4N/c1-20-7-9(8-4-2-3-5-12(8)20)13-10(16)6-11(17)14(18)15(13)19/h2-7H,1H3. The van der Waals surface area contributed by atoms with Crippen molar-refractivity contribution in [1.82, 2.24) is 4.57 Å². The van der Waals surface area contributed by atoms with Gasteiger partial charge in [-0.05, 0) is 6.07 Å². The Morgan fingerprint density at radius 1 is 0.900 bits per heavy atom. The lowest BCUT2D eigenvalue weighted by atomic mass is 10.0. The zero-order valence-electron chi connectivity index (χ0n) is 10.4. The Kier molecular flexibility index (Phi) is 2.78. The topological polar surface area (TPSA) is 4.93 Å². The van der Waals surface area contributed by atoms with E-state index in [1.165, 1.54) is 6.20 Å². The predicted octanol–water partition coefficient (Wildman–Crippen LogP) is 4.40. The number of hydrogen-bond donors (Lipinski definition) is 0. The molecule has 0 atom stereocenters. The molecule has 0 unspecified atom stereocenters. The van der Waals surface area contributed by atoms with Gasteiger partial charge in [0.1, 0.15) is 5.82 Å². The molecule has 1 aromatic heterocycles. The molecule has 0 spiro atoms. The van der Waals surface area contributed by atoms with Crippen LogP contribution in [-0.4, -0.2) is 4.57 Å². The largest absolute Gasteiger partial charge is 0.350 e. The lowest BCUT2D eigenvalue weighted by Gasteiger charge is -2.05. The average molecular weight is 279 g/mol.